The van der Waals surface area contributed by atoms with Crippen molar-refractivity contribution in [2.45, 2.75) is 89.9 Å². The van der Waals surface area contributed by atoms with Crippen LogP contribution in [0.2, 0.25) is 0 Å². The molecule has 2 aromatic carbocycles. The molecule has 2 unspecified atom stereocenters. The van der Waals surface area contributed by atoms with Crippen molar-refractivity contribution in [1.82, 2.24) is 10.2 Å². The van der Waals surface area contributed by atoms with Crippen LogP contribution < -0.4 is 20.5 Å². The van der Waals surface area contributed by atoms with Gasteiger partial charge in [-0.2, -0.15) is 0 Å². The lowest BCUT2D eigenvalue weighted by Gasteiger charge is -2.38. The highest BCUT2D eigenvalue weighted by atomic mass is 16.5. The van der Waals surface area contributed by atoms with E-state index in [4.69, 9.17) is 20.2 Å². The highest BCUT2D eigenvalue weighted by Crippen LogP contribution is 2.41. The van der Waals surface area contributed by atoms with E-state index in [1.807, 2.05) is 45.9 Å². The molecule has 0 fully saturated rings. The van der Waals surface area contributed by atoms with Crippen LogP contribution in [0.3, 0.4) is 0 Å². The van der Waals surface area contributed by atoms with Crippen molar-refractivity contribution in [3.8, 4) is 11.5 Å². The Bertz CT molecular complexity index is 1270. The number of rotatable bonds is 0. The minimum Gasteiger partial charge on any atom is -0.493 e. The summed E-state index contributed by atoms with van der Waals surface area (Å²) < 4.78 is 12.1. The van der Waals surface area contributed by atoms with Crippen molar-refractivity contribution < 1.29 is 19.1 Å². The Hall–Kier alpha value is -3.55. The highest BCUT2D eigenvalue weighted by Gasteiger charge is 2.38. The molecule has 8 heteroatoms. The Balaban J connectivity index is 0.00000144. The Kier molecular flexibility index (Phi) is 7.07. The van der Waals surface area contributed by atoms with E-state index in [1.54, 1.807) is 11.0 Å². The molecule has 202 valence electrons. The van der Waals surface area contributed by atoms with Crippen LogP contribution in [0.15, 0.2) is 41.4 Å². The highest BCUT2D eigenvalue weighted by molar-refractivity contribution is 5.99. The molecule has 0 radical (unpaired) electrons. The maximum atomic E-state index is 13.5. The van der Waals surface area contributed by atoms with Crippen LogP contribution in [0.4, 0.5) is 0 Å². The minimum absolute atomic E-state index is 0.0264. The maximum absolute atomic E-state index is 13.5. The van der Waals surface area contributed by atoms with Gasteiger partial charge in [0.25, 0.3) is 5.91 Å². The molecule has 5 aliphatic rings. The number of nitrogens with zero attached hydrogens (tertiary/aromatic N) is 2. The quantitative estimate of drug-likeness (QED) is 0.520. The topological polar surface area (TPSA) is 106 Å². The summed E-state index contributed by atoms with van der Waals surface area (Å²) in [6.07, 6.45) is 4.12. The van der Waals surface area contributed by atoms with E-state index < -0.39 is 5.60 Å². The maximum Gasteiger partial charge on any atom is 0.251 e. The van der Waals surface area contributed by atoms with E-state index in [0.29, 0.717) is 37.2 Å². The van der Waals surface area contributed by atoms with E-state index >= 15 is 0 Å². The monoisotopic (exact) mass is 518 g/mol. The number of hydrogen-bond acceptors (Lipinski definition) is 6. The predicted molar refractivity (Wildman–Crippen MR) is 146 cm³/mol. The molecule has 0 spiro atoms. The van der Waals surface area contributed by atoms with Crippen LogP contribution in [0.5, 0.6) is 11.5 Å². The summed E-state index contributed by atoms with van der Waals surface area (Å²) in [7, 11) is 0. The normalized spacial score (nSPS) is 25.5. The summed E-state index contributed by atoms with van der Waals surface area (Å²) in [6, 6.07) is 11.1. The average Bonchev–Trinajstić information content (AvgIpc) is 2.88. The second kappa shape index (κ2) is 10.3. The number of carbonyl (C=O) groups excluding carboxylic acids is 2. The molecule has 3 N–H and O–H groups in total. The lowest BCUT2D eigenvalue weighted by atomic mass is 9.88. The van der Waals surface area contributed by atoms with Crippen LogP contribution >= 0.6 is 0 Å². The number of benzene rings is 2. The van der Waals surface area contributed by atoms with Crippen LogP contribution in [0, 0.1) is 0 Å². The SMILES string of the molecule is CC.CC1(C)CC2NC(=O)c3ccc4c(c3)[C@@H](CCO4)N3C(=O)CC(CCCc4ccc(c2c4)O1)N=C3N. The van der Waals surface area contributed by atoms with Gasteiger partial charge in [-0.1, -0.05) is 26.0 Å². The van der Waals surface area contributed by atoms with E-state index in [9.17, 15) is 9.59 Å². The molecule has 0 saturated heterocycles. The van der Waals surface area contributed by atoms with Crippen molar-refractivity contribution >= 4 is 17.8 Å². The van der Waals surface area contributed by atoms with Gasteiger partial charge in [0.05, 0.1) is 24.7 Å². The number of carbonyl (C=O) groups is 2. The Labute approximate surface area is 224 Å². The van der Waals surface area contributed by atoms with Crippen LogP contribution in [0.1, 0.15) is 98.9 Å². The first-order valence-electron chi connectivity index (χ1n) is 13.8. The van der Waals surface area contributed by atoms with Gasteiger partial charge in [-0.15, -0.1) is 0 Å². The standard InChI is InChI=1S/C28H32N4O4.C2H6/c1-28(2)15-21-19-12-16(6-8-24(19)36-28)4-3-5-18-14-25(33)32(27(29)30-18)22-10-11-35-23-9-7-17(13-20(22)23)26(34)31-21;1-2/h6-9,12-13,18,21-22H,3-5,10-11,14-15H2,1-2H3,(H2,29,30)(H,31,34);1-2H3/t18?,21?,22-;/m1./s1. The molecule has 3 atom stereocenters. The first-order chi connectivity index (χ1) is 18.3. The van der Waals surface area contributed by atoms with Gasteiger partial charge in [0.2, 0.25) is 5.91 Å². The second-order valence-corrected chi connectivity index (χ2v) is 10.9. The van der Waals surface area contributed by atoms with Crippen molar-refractivity contribution in [2.24, 2.45) is 10.7 Å². The molecule has 7 rings (SSSR count). The molecular formula is C30H38N4O4. The molecule has 0 aromatic heterocycles. The number of guanidine groups is 1. The zero-order valence-electron chi connectivity index (χ0n) is 22.8. The van der Waals surface area contributed by atoms with Gasteiger partial charge in [-0.05, 0) is 62.9 Å². The van der Waals surface area contributed by atoms with E-state index in [-0.39, 0.29) is 35.9 Å². The fourth-order valence-electron chi connectivity index (χ4n) is 5.98. The van der Waals surface area contributed by atoms with E-state index in [2.05, 4.69) is 17.4 Å². The molecule has 0 aliphatic carbocycles. The van der Waals surface area contributed by atoms with E-state index in [1.165, 1.54) is 5.56 Å². The number of fused-ring (bicyclic) bond motifs is 4. The smallest absolute Gasteiger partial charge is 0.251 e. The molecule has 5 aliphatic heterocycles. The van der Waals surface area contributed by atoms with Gasteiger partial charge in [0.1, 0.15) is 17.1 Å². The zero-order chi connectivity index (χ0) is 27.0. The number of aliphatic imine (C=N–C) groups is 1. The Morgan fingerprint density at radius 1 is 1.05 bits per heavy atom. The molecule has 38 heavy (non-hydrogen) atoms. The number of hydrogen-bond donors (Lipinski definition) is 2. The van der Waals surface area contributed by atoms with Crippen molar-refractivity contribution in [2.75, 3.05) is 6.61 Å². The van der Waals surface area contributed by atoms with Crippen LogP contribution in [0.25, 0.3) is 0 Å². The largest absolute Gasteiger partial charge is 0.493 e. The van der Waals surface area contributed by atoms with Crippen molar-refractivity contribution in [3.05, 3.63) is 58.7 Å². The number of nitrogens with one attached hydrogen (secondary N) is 1. The molecule has 2 aromatic rings. The molecular weight excluding hydrogens is 480 g/mol. The van der Waals surface area contributed by atoms with Crippen LogP contribution in [-0.2, 0) is 11.2 Å². The molecule has 0 saturated carbocycles. The summed E-state index contributed by atoms with van der Waals surface area (Å²) in [5, 5.41) is 3.26. The number of nitrogens with two attached hydrogens (primary N) is 1. The summed E-state index contributed by atoms with van der Waals surface area (Å²) in [5.41, 5.74) is 9.46. The predicted octanol–water partition coefficient (Wildman–Crippen LogP) is 4.82. The lowest BCUT2D eigenvalue weighted by molar-refractivity contribution is -0.130. The first kappa shape index (κ1) is 26.1. The minimum atomic E-state index is -0.401. The number of ether oxygens (including phenoxy) is 2. The van der Waals surface area contributed by atoms with Gasteiger partial charge in [-0.25, -0.2) is 4.99 Å². The molecule has 2 amide bonds. The van der Waals surface area contributed by atoms with Crippen molar-refractivity contribution in [1.29, 1.82) is 0 Å². The van der Waals surface area contributed by atoms with Crippen LogP contribution in [-0.4, -0.2) is 40.9 Å². The summed E-state index contributed by atoms with van der Waals surface area (Å²) in [6.45, 7) is 8.56. The fraction of sp³-hybridized carbons (Fsp3) is 0.500. The zero-order valence-corrected chi connectivity index (χ0v) is 22.8. The van der Waals surface area contributed by atoms with E-state index in [0.717, 1.165) is 36.1 Å². The third kappa shape index (κ3) is 4.96. The summed E-state index contributed by atoms with van der Waals surface area (Å²) >= 11 is 0. The van der Waals surface area contributed by atoms with Gasteiger partial charge >= 0.3 is 0 Å². The third-order valence-electron chi connectivity index (χ3n) is 7.67. The van der Waals surface area contributed by atoms with Crippen molar-refractivity contribution in [3.63, 3.8) is 0 Å². The van der Waals surface area contributed by atoms with Gasteiger partial charge < -0.3 is 20.5 Å². The number of aryl methyl sites for hydroxylation is 1. The van der Waals surface area contributed by atoms with Gasteiger partial charge in [0, 0.05) is 36.0 Å². The van der Waals surface area contributed by atoms with Gasteiger partial charge in [0.15, 0.2) is 5.96 Å². The summed E-state index contributed by atoms with van der Waals surface area (Å²) in [4.78, 5) is 33.1. The first-order valence-corrected chi connectivity index (χ1v) is 13.8. The average molecular weight is 519 g/mol. The Morgan fingerprint density at radius 2 is 1.84 bits per heavy atom. The second-order valence-electron chi connectivity index (χ2n) is 10.9. The van der Waals surface area contributed by atoms with Gasteiger partial charge in [-0.3, -0.25) is 14.5 Å². The fourth-order valence-corrected chi connectivity index (χ4v) is 5.98. The third-order valence-corrected chi connectivity index (χ3v) is 7.67. The molecule has 5 heterocycles. The number of amides is 2. The summed E-state index contributed by atoms with van der Waals surface area (Å²) in [5.74, 6) is 1.54. The lowest BCUT2D eigenvalue weighted by Crippen LogP contribution is -2.50. The molecule has 8 nitrogen and oxygen atoms in total. The Morgan fingerprint density at radius 3 is 2.63 bits per heavy atom. The molecule has 6 bridgehead atoms.